The number of ether oxygens (including phenoxy) is 2. The normalized spacial score (nSPS) is 48.3. The van der Waals surface area contributed by atoms with Crippen molar-refractivity contribution in [1.82, 2.24) is 0 Å². The lowest BCUT2D eigenvalue weighted by molar-refractivity contribution is -0.198. The third-order valence-corrected chi connectivity index (χ3v) is 2.20. The zero-order valence-electron chi connectivity index (χ0n) is 5.67. The molecule has 0 radical (unpaired) electrons. The van der Waals surface area contributed by atoms with Gasteiger partial charge in [0, 0.05) is 6.61 Å². The molecule has 2 rings (SSSR count). The average Bonchev–Trinajstić information content (AvgIpc) is 2.14. The minimum Gasteiger partial charge on any atom is -0.373 e. The molecule has 0 bridgehead atoms. The summed E-state index contributed by atoms with van der Waals surface area (Å²) in [6.45, 7) is 3.05. The third-order valence-electron chi connectivity index (χ3n) is 2.20. The van der Waals surface area contributed by atoms with Crippen LogP contribution >= 0.6 is 0 Å². The van der Waals surface area contributed by atoms with Crippen molar-refractivity contribution in [3.8, 4) is 0 Å². The van der Waals surface area contributed by atoms with Crippen molar-refractivity contribution in [1.29, 1.82) is 0 Å². The highest BCUT2D eigenvalue weighted by Gasteiger charge is 2.45. The van der Waals surface area contributed by atoms with Crippen LogP contribution in [0.2, 0.25) is 0 Å². The van der Waals surface area contributed by atoms with Crippen molar-refractivity contribution >= 4 is 0 Å². The van der Waals surface area contributed by atoms with Crippen molar-refractivity contribution < 1.29 is 9.47 Å². The monoisotopic (exact) mass is 128 g/mol. The Labute approximate surface area is 55.1 Å². The summed E-state index contributed by atoms with van der Waals surface area (Å²) >= 11 is 0. The molecule has 0 N–H and O–H groups in total. The van der Waals surface area contributed by atoms with E-state index < -0.39 is 0 Å². The number of hydrogen-bond acceptors (Lipinski definition) is 2. The molecule has 0 amide bonds. The van der Waals surface area contributed by atoms with E-state index in [1.165, 1.54) is 0 Å². The molecule has 3 atom stereocenters. The van der Waals surface area contributed by atoms with Gasteiger partial charge in [0.1, 0.15) is 6.10 Å². The average molecular weight is 128 g/mol. The Morgan fingerprint density at radius 1 is 1.56 bits per heavy atom. The van der Waals surface area contributed by atoms with Crippen LogP contribution in [0.5, 0.6) is 0 Å². The second kappa shape index (κ2) is 1.96. The third kappa shape index (κ3) is 0.700. The van der Waals surface area contributed by atoms with Crippen LogP contribution in [0.25, 0.3) is 0 Å². The van der Waals surface area contributed by atoms with Crippen molar-refractivity contribution in [3.05, 3.63) is 0 Å². The van der Waals surface area contributed by atoms with E-state index in [1.54, 1.807) is 0 Å². The molecule has 2 heterocycles. The van der Waals surface area contributed by atoms with Gasteiger partial charge in [0.05, 0.1) is 12.2 Å². The molecule has 2 nitrogen and oxygen atoms in total. The maximum absolute atomic E-state index is 5.49. The van der Waals surface area contributed by atoms with Crippen LogP contribution in [0.15, 0.2) is 0 Å². The molecule has 2 fully saturated rings. The molecule has 0 aromatic rings. The Morgan fingerprint density at radius 2 is 2.44 bits per heavy atom. The molecule has 0 aromatic heterocycles. The molecule has 0 spiro atoms. The van der Waals surface area contributed by atoms with Gasteiger partial charge in [0.25, 0.3) is 0 Å². The summed E-state index contributed by atoms with van der Waals surface area (Å²) in [5.41, 5.74) is 0. The SMILES string of the molecule is CC[C@H]1O[C@@H]2CCO[C@H]12. The van der Waals surface area contributed by atoms with Gasteiger partial charge in [-0.1, -0.05) is 6.92 Å². The van der Waals surface area contributed by atoms with Gasteiger partial charge < -0.3 is 9.47 Å². The summed E-state index contributed by atoms with van der Waals surface area (Å²) in [6.07, 6.45) is 3.53. The Bertz CT molecular complexity index is 113. The van der Waals surface area contributed by atoms with Crippen molar-refractivity contribution in [2.75, 3.05) is 6.61 Å². The van der Waals surface area contributed by atoms with Gasteiger partial charge in [0.2, 0.25) is 0 Å². The van der Waals surface area contributed by atoms with E-state index in [9.17, 15) is 0 Å². The Kier molecular flexibility index (Phi) is 1.24. The summed E-state index contributed by atoms with van der Waals surface area (Å²) in [5.74, 6) is 0. The lowest BCUT2D eigenvalue weighted by Crippen LogP contribution is -2.50. The lowest BCUT2D eigenvalue weighted by Gasteiger charge is -2.38. The maximum atomic E-state index is 5.49. The van der Waals surface area contributed by atoms with Crippen LogP contribution in [0.1, 0.15) is 19.8 Å². The first kappa shape index (κ1) is 5.69. The molecule has 0 saturated carbocycles. The van der Waals surface area contributed by atoms with Gasteiger partial charge in [0.15, 0.2) is 0 Å². The topological polar surface area (TPSA) is 18.5 Å². The van der Waals surface area contributed by atoms with Gasteiger partial charge in [-0.15, -0.1) is 0 Å². The first-order valence-electron chi connectivity index (χ1n) is 3.69. The van der Waals surface area contributed by atoms with Crippen molar-refractivity contribution in [2.24, 2.45) is 0 Å². The second-order valence-corrected chi connectivity index (χ2v) is 2.75. The molecular formula is C7H12O2. The van der Waals surface area contributed by atoms with Crippen LogP contribution in [0.4, 0.5) is 0 Å². The van der Waals surface area contributed by atoms with Crippen LogP contribution in [-0.2, 0) is 9.47 Å². The smallest absolute Gasteiger partial charge is 0.110 e. The van der Waals surface area contributed by atoms with Crippen LogP contribution in [0.3, 0.4) is 0 Å². The fraction of sp³-hybridized carbons (Fsp3) is 1.00. The Morgan fingerprint density at radius 3 is 3.11 bits per heavy atom. The predicted octanol–water partition coefficient (Wildman–Crippen LogP) is 0.953. The summed E-state index contributed by atoms with van der Waals surface area (Å²) < 4.78 is 10.9. The largest absolute Gasteiger partial charge is 0.373 e. The number of hydrogen-bond donors (Lipinski definition) is 0. The molecule has 0 aromatic carbocycles. The predicted molar refractivity (Wildman–Crippen MR) is 33.3 cm³/mol. The fourth-order valence-corrected chi connectivity index (χ4v) is 1.62. The van der Waals surface area contributed by atoms with E-state index in [4.69, 9.17) is 9.47 Å². The van der Waals surface area contributed by atoms with E-state index in [0.29, 0.717) is 18.3 Å². The summed E-state index contributed by atoms with van der Waals surface area (Å²) in [7, 11) is 0. The van der Waals surface area contributed by atoms with Crippen molar-refractivity contribution in [3.63, 3.8) is 0 Å². The second-order valence-electron chi connectivity index (χ2n) is 2.75. The van der Waals surface area contributed by atoms with Gasteiger partial charge in [-0.25, -0.2) is 0 Å². The quantitative estimate of drug-likeness (QED) is 0.523. The molecule has 52 valence electrons. The van der Waals surface area contributed by atoms with Gasteiger partial charge in [-0.05, 0) is 12.8 Å². The highest BCUT2D eigenvalue weighted by molar-refractivity contribution is 4.92. The first-order chi connectivity index (χ1) is 4.42. The Balaban J connectivity index is 1.93. The summed E-state index contributed by atoms with van der Waals surface area (Å²) in [4.78, 5) is 0. The molecule has 2 saturated heterocycles. The summed E-state index contributed by atoms with van der Waals surface area (Å²) in [6, 6.07) is 0. The van der Waals surface area contributed by atoms with E-state index in [1.807, 2.05) is 0 Å². The van der Waals surface area contributed by atoms with Gasteiger partial charge in [-0.2, -0.15) is 0 Å². The molecule has 0 aliphatic carbocycles. The summed E-state index contributed by atoms with van der Waals surface area (Å²) in [5, 5.41) is 0. The van der Waals surface area contributed by atoms with Crippen LogP contribution in [0, 0.1) is 0 Å². The molecule has 0 unspecified atom stereocenters. The number of fused-ring (bicyclic) bond motifs is 1. The van der Waals surface area contributed by atoms with Gasteiger partial charge >= 0.3 is 0 Å². The fourth-order valence-electron chi connectivity index (χ4n) is 1.62. The minimum atomic E-state index is 0.414. The molecular weight excluding hydrogens is 116 g/mol. The zero-order valence-corrected chi connectivity index (χ0v) is 5.67. The van der Waals surface area contributed by atoms with Crippen LogP contribution < -0.4 is 0 Å². The molecule has 2 aliphatic heterocycles. The van der Waals surface area contributed by atoms with Gasteiger partial charge in [-0.3, -0.25) is 0 Å². The standard InChI is InChI=1S/C7H12O2/c1-2-5-7-6(9-5)3-4-8-7/h5-7H,2-4H2,1H3/t5-,6-,7-/m1/s1. The van der Waals surface area contributed by atoms with Crippen LogP contribution in [-0.4, -0.2) is 24.9 Å². The lowest BCUT2D eigenvalue weighted by atomic mass is 9.99. The molecule has 2 aliphatic rings. The number of rotatable bonds is 1. The molecule has 2 heteroatoms. The molecule has 9 heavy (non-hydrogen) atoms. The zero-order chi connectivity index (χ0) is 6.27. The minimum absolute atomic E-state index is 0.414. The van der Waals surface area contributed by atoms with Crippen molar-refractivity contribution in [2.45, 2.75) is 38.1 Å². The van der Waals surface area contributed by atoms with E-state index in [2.05, 4.69) is 6.92 Å². The van der Waals surface area contributed by atoms with E-state index in [0.717, 1.165) is 19.4 Å². The van der Waals surface area contributed by atoms with E-state index in [-0.39, 0.29) is 0 Å². The Hall–Kier alpha value is -0.0800. The van der Waals surface area contributed by atoms with E-state index >= 15 is 0 Å². The highest BCUT2D eigenvalue weighted by Crippen LogP contribution is 2.33. The maximum Gasteiger partial charge on any atom is 0.110 e. The highest BCUT2D eigenvalue weighted by atomic mass is 16.6. The first-order valence-corrected chi connectivity index (χ1v) is 3.69.